The second-order valence-corrected chi connectivity index (χ2v) is 5.39. The van der Waals surface area contributed by atoms with Crippen LogP contribution in [0.15, 0.2) is 0 Å². The Morgan fingerprint density at radius 3 is 2.60 bits per heavy atom. The lowest BCUT2D eigenvalue weighted by Gasteiger charge is -2.13. The Balaban J connectivity index is 2.37. The van der Waals surface area contributed by atoms with Crippen LogP contribution in [0.25, 0.3) is 0 Å². The van der Waals surface area contributed by atoms with Crippen molar-refractivity contribution in [3.8, 4) is 0 Å². The van der Waals surface area contributed by atoms with Gasteiger partial charge in [0.25, 0.3) is 0 Å². The van der Waals surface area contributed by atoms with Crippen LogP contribution in [0, 0.1) is 13.8 Å². The van der Waals surface area contributed by atoms with Crippen LogP contribution >= 0.6 is 0 Å². The third-order valence-corrected chi connectivity index (χ3v) is 3.51. The van der Waals surface area contributed by atoms with Gasteiger partial charge in [0, 0.05) is 0 Å². The first-order chi connectivity index (χ1) is 9.45. The second kappa shape index (κ2) is 7.92. The molecule has 5 nitrogen and oxygen atoms in total. The highest BCUT2D eigenvalue weighted by Gasteiger charge is 2.14. The Hall–Kier alpha value is -1.52. The van der Waals surface area contributed by atoms with E-state index >= 15 is 0 Å². The summed E-state index contributed by atoms with van der Waals surface area (Å²) in [5.74, 6) is -0.251. The molecular formula is C15H27N3O2. The molecule has 1 aromatic heterocycles. The number of esters is 1. The van der Waals surface area contributed by atoms with Crippen molar-refractivity contribution in [2.45, 2.75) is 72.4 Å². The monoisotopic (exact) mass is 281 g/mol. The second-order valence-electron chi connectivity index (χ2n) is 5.39. The van der Waals surface area contributed by atoms with Crippen LogP contribution < -0.4 is 5.73 Å². The fourth-order valence-corrected chi connectivity index (χ4v) is 2.17. The number of hydrogen-bond acceptors (Lipinski definition) is 4. The smallest absolute Gasteiger partial charge is 0.328 e. The van der Waals surface area contributed by atoms with Crippen molar-refractivity contribution >= 4 is 11.7 Å². The van der Waals surface area contributed by atoms with Crippen molar-refractivity contribution in [1.82, 2.24) is 9.78 Å². The number of aromatic nitrogens is 2. The molecule has 0 amide bonds. The first kappa shape index (κ1) is 16.5. The topological polar surface area (TPSA) is 70.1 Å². The standard InChI is InChI=1S/C15H27N3O2/c1-5-6-7-8-9-11(2)20-14(19)10-18-13(4)15(16)12(3)17-18/h11H,5-10,16H2,1-4H3. The number of anilines is 1. The molecule has 5 heteroatoms. The molecule has 0 spiro atoms. The average molecular weight is 281 g/mol. The predicted molar refractivity (Wildman–Crippen MR) is 80.4 cm³/mol. The minimum Gasteiger partial charge on any atom is -0.461 e. The molecular weight excluding hydrogens is 254 g/mol. The van der Waals surface area contributed by atoms with Crippen LogP contribution in [0.4, 0.5) is 5.69 Å². The fraction of sp³-hybridized carbons (Fsp3) is 0.733. The Morgan fingerprint density at radius 2 is 2.05 bits per heavy atom. The van der Waals surface area contributed by atoms with E-state index in [1.54, 1.807) is 4.68 Å². The number of carbonyl (C=O) groups is 1. The number of nitrogen functional groups attached to an aromatic ring is 1. The Morgan fingerprint density at radius 1 is 1.35 bits per heavy atom. The zero-order valence-electron chi connectivity index (χ0n) is 13.1. The van der Waals surface area contributed by atoms with Crippen LogP contribution in [-0.2, 0) is 16.1 Å². The maximum absolute atomic E-state index is 11.9. The highest BCUT2D eigenvalue weighted by Crippen LogP contribution is 2.15. The van der Waals surface area contributed by atoms with Crippen molar-refractivity contribution in [2.75, 3.05) is 5.73 Å². The van der Waals surface area contributed by atoms with Crippen molar-refractivity contribution in [1.29, 1.82) is 0 Å². The van der Waals surface area contributed by atoms with E-state index in [4.69, 9.17) is 10.5 Å². The van der Waals surface area contributed by atoms with Crippen LogP contribution in [0.3, 0.4) is 0 Å². The number of aryl methyl sites for hydroxylation is 1. The zero-order chi connectivity index (χ0) is 15.1. The van der Waals surface area contributed by atoms with Crippen molar-refractivity contribution in [3.63, 3.8) is 0 Å². The largest absolute Gasteiger partial charge is 0.461 e. The molecule has 20 heavy (non-hydrogen) atoms. The van der Waals surface area contributed by atoms with E-state index in [0.717, 1.165) is 24.2 Å². The Kier molecular flexibility index (Phi) is 6.55. The molecule has 0 bridgehead atoms. The SMILES string of the molecule is CCCCCCC(C)OC(=O)Cn1nc(C)c(N)c1C. The zero-order valence-corrected chi connectivity index (χ0v) is 13.1. The molecule has 1 unspecified atom stereocenters. The van der Waals surface area contributed by atoms with Gasteiger partial charge in [-0.2, -0.15) is 5.10 Å². The number of ether oxygens (including phenoxy) is 1. The summed E-state index contributed by atoms with van der Waals surface area (Å²) in [4.78, 5) is 11.9. The van der Waals surface area contributed by atoms with Gasteiger partial charge < -0.3 is 10.5 Å². The van der Waals surface area contributed by atoms with Crippen LogP contribution in [0.5, 0.6) is 0 Å². The van der Waals surface area contributed by atoms with Crippen molar-refractivity contribution in [3.05, 3.63) is 11.4 Å². The maximum Gasteiger partial charge on any atom is 0.328 e. The molecule has 0 aliphatic rings. The third kappa shape index (κ3) is 4.87. The molecule has 0 aromatic carbocycles. The molecule has 0 fully saturated rings. The molecule has 1 heterocycles. The number of hydrogen-bond donors (Lipinski definition) is 1. The van der Waals surface area contributed by atoms with E-state index in [1.165, 1.54) is 19.3 Å². The molecule has 0 saturated heterocycles. The molecule has 114 valence electrons. The summed E-state index contributed by atoms with van der Waals surface area (Å²) in [6.45, 7) is 7.95. The molecule has 0 aliphatic carbocycles. The van der Waals surface area contributed by atoms with E-state index in [2.05, 4.69) is 12.0 Å². The van der Waals surface area contributed by atoms with Gasteiger partial charge in [0.05, 0.1) is 23.2 Å². The Labute approximate surface area is 121 Å². The quantitative estimate of drug-likeness (QED) is 0.587. The average Bonchev–Trinajstić information content (AvgIpc) is 2.62. The highest BCUT2D eigenvalue weighted by atomic mass is 16.5. The first-order valence-electron chi connectivity index (χ1n) is 7.44. The van der Waals surface area contributed by atoms with Gasteiger partial charge in [-0.15, -0.1) is 0 Å². The summed E-state index contributed by atoms with van der Waals surface area (Å²) in [6.07, 6.45) is 5.65. The lowest BCUT2D eigenvalue weighted by molar-refractivity contribution is -0.149. The van der Waals surface area contributed by atoms with Crippen molar-refractivity contribution < 1.29 is 9.53 Å². The lowest BCUT2D eigenvalue weighted by atomic mass is 10.1. The first-order valence-corrected chi connectivity index (χ1v) is 7.44. The van der Waals surface area contributed by atoms with Gasteiger partial charge in [0.15, 0.2) is 0 Å². The predicted octanol–water partition coefficient (Wildman–Crippen LogP) is 2.98. The van der Waals surface area contributed by atoms with Crippen LogP contribution in [0.1, 0.15) is 57.3 Å². The van der Waals surface area contributed by atoms with Crippen LogP contribution in [0.2, 0.25) is 0 Å². The Bertz CT molecular complexity index is 441. The van der Waals surface area contributed by atoms with Crippen molar-refractivity contribution in [2.24, 2.45) is 0 Å². The molecule has 0 aliphatic heterocycles. The van der Waals surface area contributed by atoms with E-state index in [9.17, 15) is 4.79 Å². The van der Waals surface area contributed by atoms with E-state index in [0.29, 0.717) is 5.69 Å². The molecule has 1 atom stereocenters. The summed E-state index contributed by atoms with van der Waals surface area (Å²) in [5.41, 5.74) is 8.05. The number of nitrogens with zero attached hydrogens (tertiary/aromatic N) is 2. The minimum absolute atomic E-state index is 0.0336. The number of unbranched alkanes of at least 4 members (excludes halogenated alkanes) is 3. The van der Waals surface area contributed by atoms with Gasteiger partial charge in [-0.25, -0.2) is 0 Å². The summed E-state index contributed by atoms with van der Waals surface area (Å²) in [7, 11) is 0. The van der Waals surface area contributed by atoms with E-state index in [1.807, 2.05) is 20.8 Å². The van der Waals surface area contributed by atoms with Gasteiger partial charge in [0.1, 0.15) is 6.54 Å². The van der Waals surface area contributed by atoms with E-state index in [-0.39, 0.29) is 18.6 Å². The summed E-state index contributed by atoms with van der Waals surface area (Å²) in [6, 6.07) is 0. The molecule has 1 aromatic rings. The molecule has 2 N–H and O–H groups in total. The van der Waals surface area contributed by atoms with Gasteiger partial charge in [-0.05, 0) is 33.6 Å². The van der Waals surface area contributed by atoms with Gasteiger partial charge in [0.2, 0.25) is 0 Å². The molecule has 1 rings (SSSR count). The number of rotatable bonds is 8. The highest BCUT2D eigenvalue weighted by molar-refractivity contribution is 5.69. The lowest BCUT2D eigenvalue weighted by Crippen LogP contribution is -2.20. The summed E-state index contributed by atoms with van der Waals surface area (Å²) in [5, 5.41) is 4.23. The third-order valence-electron chi connectivity index (χ3n) is 3.51. The maximum atomic E-state index is 11.9. The number of nitrogens with two attached hydrogens (primary N) is 1. The molecule has 0 saturated carbocycles. The van der Waals surface area contributed by atoms with Gasteiger partial charge in [-0.3, -0.25) is 9.48 Å². The van der Waals surface area contributed by atoms with Gasteiger partial charge in [-0.1, -0.05) is 26.2 Å². The molecule has 0 radical (unpaired) electrons. The number of carbonyl (C=O) groups excluding carboxylic acids is 1. The van der Waals surface area contributed by atoms with Crippen LogP contribution in [-0.4, -0.2) is 21.9 Å². The fourth-order valence-electron chi connectivity index (χ4n) is 2.17. The summed E-state index contributed by atoms with van der Waals surface area (Å²) >= 11 is 0. The summed E-state index contributed by atoms with van der Waals surface area (Å²) < 4.78 is 7.01. The van der Waals surface area contributed by atoms with E-state index < -0.39 is 0 Å². The minimum atomic E-state index is -0.251. The normalized spacial score (nSPS) is 12.4. The van der Waals surface area contributed by atoms with Gasteiger partial charge >= 0.3 is 5.97 Å².